The van der Waals surface area contributed by atoms with E-state index < -0.39 is 17.1 Å². The highest BCUT2D eigenvalue weighted by Crippen LogP contribution is 2.73. The van der Waals surface area contributed by atoms with Crippen LogP contribution in [0.5, 0.6) is 0 Å². The van der Waals surface area contributed by atoms with Crippen molar-refractivity contribution in [3.63, 3.8) is 0 Å². The van der Waals surface area contributed by atoms with Crippen molar-refractivity contribution in [3.8, 4) is 0 Å². The van der Waals surface area contributed by atoms with Crippen molar-refractivity contribution in [1.29, 1.82) is 0 Å². The molecule has 1 spiro atoms. The van der Waals surface area contributed by atoms with E-state index in [-0.39, 0.29) is 41.7 Å². The Labute approximate surface area is 211 Å². The summed E-state index contributed by atoms with van der Waals surface area (Å²) in [5.41, 5.74) is -1.21. The fraction of sp³-hybridized carbons (Fsp3) is 0.867. The molecule has 4 saturated carbocycles. The number of epoxide rings is 1. The van der Waals surface area contributed by atoms with Crippen molar-refractivity contribution < 1.29 is 24.2 Å². The molecule has 35 heavy (non-hydrogen) atoms. The summed E-state index contributed by atoms with van der Waals surface area (Å²) in [6.45, 7) is 15.2. The number of esters is 1. The summed E-state index contributed by atoms with van der Waals surface area (Å²) in [4.78, 5) is 26.0. The van der Waals surface area contributed by atoms with Crippen LogP contribution in [-0.4, -0.2) is 40.8 Å². The van der Waals surface area contributed by atoms with E-state index in [1.54, 1.807) is 0 Å². The fourth-order valence-corrected chi connectivity index (χ4v) is 9.50. The number of aliphatic hydroxyl groups excluding tert-OH is 1. The highest BCUT2D eigenvalue weighted by molar-refractivity contribution is 5.89. The molecular formula is C30H46O5. The quantitative estimate of drug-likeness (QED) is 0.322. The van der Waals surface area contributed by atoms with Gasteiger partial charge in [-0.15, -0.1) is 0 Å². The molecule has 1 heterocycles. The zero-order chi connectivity index (χ0) is 25.5. The van der Waals surface area contributed by atoms with E-state index in [0.717, 1.165) is 12.8 Å². The second-order valence-electron chi connectivity index (χ2n) is 13.6. The van der Waals surface area contributed by atoms with Crippen molar-refractivity contribution in [2.75, 3.05) is 0 Å². The predicted molar refractivity (Wildman–Crippen MR) is 134 cm³/mol. The molecule has 0 radical (unpaired) electrons. The second-order valence-corrected chi connectivity index (χ2v) is 13.6. The molecule has 1 aliphatic heterocycles. The van der Waals surface area contributed by atoms with E-state index in [2.05, 4.69) is 53.7 Å². The van der Waals surface area contributed by atoms with E-state index in [9.17, 15) is 14.7 Å². The average Bonchev–Trinajstić information content (AvgIpc) is 3.34. The van der Waals surface area contributed by atoms with Crippen molar-refractivity contribution in [2.45, 2.75) is 111 Å². The highest BCUT2D eigenvalue weighted by Gasteiger charge is 2.80. The van der Waals surface area contributed by atoms with Gasteiger partial charge in [-0.25, -0.2) is 0 Å². The number of fused-ring (bicyclic) bond motifs is 4. The van der Waals surface area contributed by atoms with Gasteiger partial charge in [0.15, 0.2) is 0 Å². The lowest BCUT2D eigenvalue weighted by Gasteiger charge is -2.60. The molecule has 5 fully saturated rings. The number of aliphatic hydroxyl groups is 1. The Balaban J connectivity index is 1.49. The molecule has 12 unspecified atom stereocenters. The minimum atomic E-state index is -0.697. The van der Waals surface area contributed by atoms with E-state index in [1.807, 2.05) is 0 Å². The third-order valence-corrected chi connectivity index (χ3v) is 11.6. The SMILES string of the molecule is CC(=O)OC1CC2(C)C(C(C)C=CC(C)C(C)C)CCC2C2CC3OC34CC(O)CC(=O)C4(C)C12. The predicted octanol–water partition coefficient (Wildman–Crippen LogP) is 5.34. The lowest BCUT2D eigenvalue weighted by molar-refractivity contribution is -0.194. The lowest BCUT2D eigenvalue weighted by atomic mass is 9.43. The van der Waals surface area contributed by atoms with Gasteiger partial charge in [-0.3, -0.25) is 9.59 Å². The van der Waals surface area contributed by atoms with E-state index >= 15 is 0 Å². The number of hydrogen-bond donors (Lipinski definition) is 1. The summed E-state index contributed by atoms with van der Waals surface area (Å²) in [7, 11) is 0. The molecular weight excluding hydrogens is 440 g/mol. The van der Waals surface area contributed by atoms with E-state index in [0.29, 0.717) is 41.9 Å². The third kappa shape index (κ3) is 3.61. The van der Waals surface area contributed by atoms with Crippen LogP contribution in [0.15, 0.2) is 12.2 Å². The van der Waals surface area contributed by atoms with Crippen molar-refractivity contribution in [1.82, 2.24) is 0 Å². The first-order chi connectivity index (χ1) is 16.3. The van der Waals surface area contributed by atoms with Gasteiger partial charge in [0.25, 0.3) is 0 Å². The van der Waals surface area contributed by atoms with Crippen molar-refractivity contribution in [2.24, 2.45) is 52.3 Å². The van der Waals surface area contributed by atoms with Gasteiger partial charge in [0.1, 0.15) is 17.5 Å². The van der Waals surface area contributed by atoms with E-state index in [1.165, 1.54) is 19.8 Å². The molecule has 0 aromatic rings. The lowest BCUT2D eigenvalue weighted by Crippen LogP contribution is -2.66. The van der Waals surface area contributed by atoms with Crippen LogP contribution in [0.25, 0.3) is 0 Å². The standard InChI is InChI=1S/C30H46O5/c1-16(2)17(3)8-9-18(4)22-10-11-23-21-13-26-30(35-26)14-20(32)12-25(33)29(30,7)27(21)24(34-19(5)31)15-28(22,23)6/h8-9,16-18,20-24,26-27,32H,10-15H2,1-7H3. The van der Waals surface area contributed by atoms with Crippen molar-refractivity contribution in [3.05, 3.63) is 12.2 Å². The van der Waals surface area contributed by atoms with Crippen LogP contribution in [0.2, 0.25) is 0 Å². The van der Waals surface area contributed by atoms with Gasteiger partial charge in [-0.05, 0) is 73.5 Å². The molecule has 1 N–H and O–H groups in total. The average molecular weight is 487 g/mol. The summed E-state index contributed by atoms with van der Waals surface area (Å²) in [6, 6.07) is 0. The molecule has 0 bridgehead atoms. The van der Waals surface area contributed by atoms with Crippen LogP contribution >= 0.6 is 0 Å². The Hall–Kier alpha value is -1.20. The highest BCUT2D eigenvalue weighted by atomic mass is 16.6. The maximum Gasteiger partial charge on any atom is 0.302 e. The number of hydrogen-bond acceptors (Lipinski definition) is 5. The smallest absolute Gasteiger partial charge is 0.302 e. The molecule has 5 heteroatoms. The van der Waals surface area contributed by atoms with Crippen LogP contribution in [-0.2, 0) is 19.1 Å². The molecule has 0 aromatic heterocycles. The molecule has 1 saturated heterocycles. The molecule has 4 aliphatic carbocycles. The second kappa shape index (κ2) is 8.41. The Morgan fingerprint density at radius 3 is 2.51 bits per heavy atom. The zero-order valence-corrected chi connectivity index (χ0v) is 22.8. The Morgan fingerprint density at radius 2 is 1.86 bits per heavy atom. The first kappa shape index (κ1) is 25.4. The normalized spacial score (nSPS) is 50.2. The zero-order valence-electron chi connectivity index (χ0n) is 22.8. The fourth-order valence-electron chi connectivity index (χ4n) is 9.50. The number of carbonyl (C=O) groups excluding carboxylic acids is 2. The number of carbonyl (C=O) groups is 2. The van der Waals surface area contributed by atoms with Crippen LogP contribution in [0.1, 0.15) is 87.0 Å². The minimum Gasteiger partial charge on any atom is -0.462 e. The Bertz CT molecular complexity index is 910. The van der Waals surface area contributed by atoms with Gasteiger partial charge in [0.05, 0.1) is 17.6 Å². The Morgan fingerprint density at radius 1 is 1.14 bits per heavy atom. The molecule has 5 aliphatic rings. The van der Waals surface area contributed by atoms with Gasteiger partial charge in [-0.2, -0.15) is 0 Å². The molecule has 12 atom stereocenters. The van der Waals surface area contributed by atoms with Crippen LogP contribution in [0.4, 0.5) is 0 Å². The van der Waals surface area contributed by atoms with Crippen LogP contribution < -0.4 is 0 Å². The summed E-state index contributed by atoms with van der Waals surface area (Å²) in [6.07, 6.45) is 8.73. The Kier molecular flexibility index (Phi) is 6.12. The largest absolute Gasteiger partial charge is 0.462 e. The summed E-state index contributed by atoms with van der Waals surface area (Å²) >= 11 is 0. The number of ketones is 1. The summed E-state index contributed by atoms with van der Waals surface area (Å²) in [5.74, 6) is 2.79. The minimum absolute atomic E-state index is 0.0335. The number of Topliss-reactive ketones (excluding diaryl/α,β-unsaturated/α-hetero) is 1. The molecule has 0 aromatic carbocycles. The first-order valence-electron chi connectivity index (χ1n) is 14.1. The molecule has 196 valence electrons. The maximum atomic E-state index is 13.6. The van der Waals surface area contributed by atoms with Gasteiger partial charge in [0.2, 0.25) is 0 Å². The van der Waals surface area contributed by atoms with Crippen LogP contribution in [0.3, 0.4) is 0 Å². The summed E-state index contributed by atoms with van der Waals surface area (Å²) < 4.78 is 12.5. The van der Waals surface area contributed by atoms with Crippen LogP contribution in [0, 0.1) is 52.3 Å². The number of allylic oxidation sites excluding steroid dienone is 2. The topological polar surface area (TPSA) is 76.1 Å². The van der Waals surface area contributed by atoms with Gasteiger partial charge < -0.3 is 14.6 Å². The number of ether oxygens (including phenoxy) is 2. The first-order valence-corrected chi connectivity index (χ1v) is 14.1. The monoisotopic (exact) mass is 486 g/mol. The summed E-state index contributed by atoms with van der Waals surface area (Å²) in [5, 5.41) is 10.5. The van der Waals surface area contributed by atoms with Crippen molar-refractivity contribution >= 4 is 11.8 Å². The van der Waals surface area contributed by atoms with Gasteiger partial charge in [-0.1, -0.05) is 46.8 Å². The molecule has 0 amide bonds. The third-order valence-electron chi connectivity index (χ3n) is 11.6. The van der Waals surface area contributed by atoms with Gasteiger partial charge in [0, 0.05) is 25.7 Å². The molecule has 5 nitrogen and oxygen atoms in total. The molecule has 5 rings (SSSR count). The number of rotatable bonds is 5. The van der Waals surface area contributed by atoms with Gasteiger partial charge >= 0.3 is 5.97 Å². The maximum absolute atomic E-state index is 13.6. The van der Waals surface area contributed by atoms with E-state index in [4.69, 9.17) is 9.47 Å².